The van der Waals surface area contributed by atoms with Crippen molar-refractivity contribution < 1.29 is 9.47 Å². The normalized spacial score (nSPS) is 12.9. The Bertz CT molecular complexity index is 1100. The van der Waals surface area contributed by atoms with Crippen molar-refractivity contribution in [3.05, 3.63) is 58.7 Å². The van der Waals surface area contributed by atoms with Gasteiger partial charge < -0.3 is 9.47 Å². The molecule has 2 heterocycles. The number of methoxy groups -OCH3 is 1. The summed E-state index contributed by atoms with van der Waals surface area (Å²) in [6.45, 7) is 7.09. The van der Waals surface area contributed by atoms with Gasteiger partial charge in [0, 0.05) is 23.7 Å². The third-order valence-corrected chi connectivity index (χ3v) is 5.35. The van der Waals surface area contributed by atoms with Gasteiger partial charge in [0.05, 0.1) is 18.5 Å². The fourth-order valence-electron chi connectivity index (χ4n) is 3.75. The van der Waals surface area contributed by atoms with Crippen LogP contribution < -0.4 is 20.0 Å². The number of aromatic nitrogens is 2. The van der Waals surface area contributed by atoms with Gasteiger partial charge in [0.25, 0.3) is 0 Å². The Morgan fingerprint density at radius 3 is 2.60 bits per heavy atom. The maximum Gasteiger partial charge on any atom is 0.214 e. The number of hydrogen-bond acceptors (Lipinski definition) is 7. The van der Waals surface area contributed by atoms with E-state index in [1.165, 1.54) is 0 Å². The summed E-state index contributed by atoms with van der Waals surface area (Å²) in [4.78, 5) is 0. The molecule has 0 fully saturated rings. The average Bonchev–Trinajstić information content (AvgIpc) is 3.36. The van der Waals surface area contributed by atoms with Gasteiger partial charge in [-0.25, -0.2) is 9.69 Å². The number of ether oxygens (including phenoxy) is 2. The minimum atomic E-state index is 0.455. The van der Waals surface area contributed by atoms with E-state index in [1.54, 1.807) is 11.8 Å². The van der Waals surface area contributed by atoms with Crippen LogP contribution in [0.3, 0.4) is 0 Å². The Labute approximate surface area is 176 Å². The topological polar surface area (TPSA) is 76.3 Å². The summed E-state index contributed by atoms with van der Waals surface area (Å²) in [5, 5.41) is 14.3. The van der Waals surface area contributed by atoms with E-state index in [4.69, 9.17) is 9.47 Å². The van der Waals surface area contributed by atoms with Crippen LogP contribution in [-0.2, 0) is 13.7 Å². The first-order chi connectivity index (χ1) is 14.5. The molecule has 0 radical (unpaired) electrons. The first kappa shape index (κ1) is 19.8. The van der Waals surface area contributed by atoms with Crippen LogP contribution in [0, 0.1) is 20.8 Å². The van der Waals surface area contributed by atoms with E-state index in [-0.39, 0.29) is 0 Å². The molecule has 1 N–H and O–H groups in total. The lowest BCUT2D eigenvalue weighted by Crippen LogP contribution is -2.30. The molecule has 1 aromatic heterocycles. The molecule has 2 aromatic carbocycles. The Morgan fingerprint density at radius 2 is 1.93 bits per heavy atom. The molecule has 0 aliphatic carbocycles. The second-order valence-electron chi connectivity index (χ2n) is 7.36. The fourth-order valence-corrected chi connectivity index (χ4v) is 3.75. The Morgan fingerprint density at radius 1 is 1.10 bits per heavy atom. The Balaban J connectivity index is 1.56. The Kier molecular flexibility index (Phi) is 5.31. The van der Waals surface area contributed by atoms with Crippen LogP contribution in [0.5, 0.6) is 11.6 Å². The number of hydrogen-bond donors (Lipinski definition) is 1. The first-order valence-electron chi connectivity index (χ1n) is 9.79. The SMILES string of the molecule is COc1c(C)c(-c2ccc(OCc3c(C)cccc3N3CN=NN3)c(C)c2)nn1C. The summed E-state index contributed by atoms with van der Waals surface area (Å²) in [6, 6.07) is 12.3. The lowest BCUT2D eigenvalue weighted by molar-refractivity contribution is 0.303. The molecule has 0 unspecified atom stereocenters. The van der Waals surface area contributed by atoms with Crippen LogP contribution in [-0.4, -0.2) is 23.6 Å². The second kappa shape index (κ2) is 8.06. The zero-order valence-corrected chi connectivity index (χ0v) is 17.9. The number of rotatable bonds is 6. The highest BCUT2D eigenvalue weighted by atomic mass is 16.5. The van der Waals surface area contributed by atoms with Crippen molar-refractivity contribution in [1.29, 1.82) is 0 Å². The molecule has 8 nitrogen and oxygen atoms in total. The molecule has 3 aromatic rings. The smallest absolute Gasteiger partial charge is 0.214 e. The van der Waals surface area contributed by atoms with Crippen LogP contribution >= 0.6 is 0 Å². The van der Waals surface area contributed by atoms with Gasteiger partial charge in [-0.3, -0.25) is 0 Å². The largest absolute Gasteiger partial charge is 0.489 e. The van der Waals surface area contributed by atoms with Gasteiger partial charge in [-0.1, -0.05) is 17.4 Å². The van der Waals surface area contributed by atoms with Crippen LogP contribution in [0.15, 0.2) is 46.7 Å². The van der Waals surface area contributed by atoms with Crippen LogP contribution in [0.4, 0.5) is 5.69 Å². The molecule has 0 bridgehead atoms. The lowest BCUT2D eigenvalue weighted by atomic mass is 10.0. The molecular weight excluding hydrogens is 380 g/mol. The van der Waals surface area contributed by atoms with Crippen LogP contribution in [0.2, 0.25) is 0 Å². The monoisotopic (exact) mass is 406 g/mol. The Hall–Kier alpha value is -3.55. The van der Waals surface area contributed by atoms with Crippen LogP contribution in [0.25, 0.3) is 11.3 Å². The highest BCUT2D eigenvalue weighted by Gasteiger charge is 2.17. The molecule has 30 heavy (non-hydrogen) atoms. The van der Waals surface area contributed by atoms with E-state index in [0.717, 1.165) is 50.8 Å². The van der Waals surface area contributed by atoms with Gasteiger partial charge >= 0.3 is 0 Å². The minimum Gasteiger partial charge on any atom is -0.489 e. The second-order valence-corrected chi connectivity index (χ2v) is 7.36. The molecule has 156 valence electrons. The third kappa shape index (κ3) is 3.56. The summed E-state index contributed by atoms with van der Waals surface area (Å²) in [5.74, 6) is 1.61. The summed E-state index contributed by atoms with van der Waals surface area (Å²) >= 11 is 0. The molecule has 0 atom stereocenters. The highest BCUT2D eigenvalue weighted by Crippen LogP contribution is 2.32. The molecule has 0 saturated heterocycles. The van der Waals surface area contributed by atoms with Crippen molar-refractivity contribution in [3.63, 3.8) is 0 Å². The number of hydrazine groups is 1. The van der Waals surface area contributed by atoms with Crippen molar-refractivity contribution in [2.45, 2.75) is 27.4 Å². The number of benzene rings is 2. The maximum absolute atomic E-state index is 6.21. The van der Waals surface area contributed by atoms with Crippen molar-refractivity contribution in [1.82, 2.24) is 15.3 Å². The first-order valence-corrected chi connectivity index (χ1v) is 9.79. The zero-order chi connectivity index (χ0) is 21.3. The number of nitrogens with one attached hydrogen (secondary N) is 1. The van der Waals surface area contributed by atoms with Gasteiger partial charge in [0.1, 0.15) is 12.4 Å². The summed E-state index contributed by atoms with van der Waals surface area (Å²) < 4.78 is 13.4. The van der Waals surface area contributed by atoms with Crippen molar-refractivity contribution >= 4 is 5.69 Å². The molecule has 8 heteroatoms. The summed E-state index contributed by atoms with van der Waals surface area (Å²) in [7, 11) is 3.55. The zero-order valence-electron chi connectivity index (χ0n) is 17.9. The van der Waals surface area contributed by atoms with Crippen molar-refractivity contribution in [3.8, 4) is 22.9 Å². The molecule has 1 aliphatic heterocycles. The summed E-state index contributed by atoms with van der Waals surface area (Å²) in [5.41, 5.74) is 10.2. The van der Waals surface area contributed by atoms with Crippen molar-refractivity contribution in [2.75, 3.05) is 18.8 Å². The molecular formula is C22H26N6O2. The van der Waals surface area contributed by atoms with Gasteiger partial charge in [-0.2, -0.15) is 10.6 Å². The molecule has 1 aliphatic rings. The molecule has 0 saturated carbocycles. The van der Waals surface area contributed by atoms with E-state index in [1.807, 2.05) is 50.2 Å². The molecule has 0 spiro atoms. The minimum absolute atomic E-state index is 0.455. The van der Waals surface area contributed by atoms with Gasteiger partial charge in [0.2, 0.25) is 5.88 Å². The third-order valence-electron chi connectivity index (χ3n) is 5.35. The van der Waals surface area contributed by atoms with E-state index in [2.05, 4.69) is 40.0 Å². The predicted molar refractivity (Wildman–Crippen MR) is 116 cm³/mol. The molecule has 4 rings (SSSR count). The predicted octanol–water partition coefficient (Wildman–Crippen LogP) is 4.25. The standard InChI is InChI=1S/C22H26N6O2/c1-14-7-6-8-19(28-13-23-25-26-28)18(14)12-30-20-10-9-17(11-15(20)2)21-16(3)22(29-5)27(4)24-21/h6-11H,12-13H2,1-5H3,(H,23,26). The lowest BCUT2D eigenvalue weighted by Gasteiger charge is -2.21. The van der Waals surface area contributed by atoms with E-state index >= 15 is 0 Å². The highest BCUT2D eigenvalue weighted by molar-refractivity contribution is 5.67. The number of anilines is 1. The van der Waals surface area contributed by atoms with E-state index < -0.39 is 0 Å². The summed E-state index contributed by atoms with van der Waals surface area (Å²) in [6.07, 6.45) is 0. The van der Waals surface area contributed by atoms with E-state index in [9.17, 15) is 0 Å². The van der Waals surface area contributed by atoms with Crippen LogP contribution in [0.1, 0.15) is 22.3 Å². The van der Waals surface area contributed by atoms with Gasteiger partial charge in [0.15, 0.2) is 6.67 Å². The quantitative estimate of drug-likeness (QED) is 0.662. The van der Waals surface area contributed by atoms with Gasteiger partial charge in [-0.15, -0.1) is 5.11 Å². The average molecular weight is 406 g/mol. The van der Waals surface area contributed by atoms with Crippen molar-refractivity contribution in [2.24, 2.45) is 17.4 Å². The maximum atomic E-state index is 6.21. The number of nitrogens with zero attached hydrogens (tertiary/aromatic N) is 5. The number of aryl methyl sites for hydroxylation is 3. The van der Waals surface area contributed by atoms with Gasteiger partial charge in [-0.05, 0) is 56.2 Å². The van der Waals surface area contributed by atoms with E-state index in [0.29, 0.717) is 13.3 Å². The molecule has 0 amide bonds. The fraction of sp³-hybridized carbons (Fsp3) is 0.318.